The summed E-state index contributed by atoms with van der Waals surface area (Å²) in [5, 5.41) is 0. The smallest absolute Gasteiger partial charge is 0.0167 e. The first-order valence-corrected chi connectivity index (χ1v) is 3.42. The molecule has 0 aliphatic carbocycles. The summed E-state index contributed by atoms with van der Waals surface area (Å²) in [5.41, 5.74) is 5.60. The van der Waals surface area contributed by atoms with Crippen LogP contribution < -0.4 is 5.73 Å². The molecule has 1 atom stereocenters. The molecule has 1 aliphatic heterocycles. The van der Waals surface area contributed by atoms with Crippen molar-refractivity contribution in [3.8, 4) is 0 Å². The average Bonchev–Trinajstić information content (AvgIpc) is 2.15. The van der Waals surface area contributed by atoms with Gasteiger partial charge in [-0.3, -0.25) is 4.90 Å². The lowest BCUT2D eigenvalue weighted by Crippen LogP contribution is -2.33. The van der Waals surface area contributed by atoms with Crippen LogP contribution in [0.3, 0.4) is 0 Å². The molecule has 0 aromatic rings. The number of rotatable bonds is 2. The summed E-state index contributed by atoms with van der Waals surface area (Å²) in [6.45, 7) is 5.23. The summed E-state index contributed by atoms with van der Waals surface area (Å²) >= 11 is 0. The van der Waals surface area contributed by atoms with E-state index in [4.69, 9.17) is 5.73 Å². The SMILES string of the molecule is C[C@H](N)CN1CC=CC1. The van der Waals surface area contributed by atoms with Crippen molar-refractivity contribution in [3.05, 3.63) is 12.2 Å². The van der Waals surface area contributed by atoms with E-state index in [0.717, 1.165) is 19.6 Å². The molecule has 0 aromatic heterocycles. The minimum Gasteiger partial charge on any atom is -0.327 e. The third-order valence-electron chi connectivity index (χ3n) is 1.44. The van der Waals surface area contributed by atoms with Crippen LogP contribution in [0.5, 0.6) is 0 Å². The van der Waals surface area contributed by atoms with Crippen molar-refractivity contribution < 1.29 is 0 Å². The number of hydrogen-bond acceptors (Lipinski definition) is 2. The van der Waals surface area contributed by atoms with Crippen LogP contribution in [0.2, 0.25) is 0 Å². The maximum absolute atomic E-state index is 5.60. The highest BCUT2D eigenvalue weighted by atomic mass is 15.1. The fourth-order valence-corrected chi connectivity index (χ4v) is 1.08. The lowest BCUT2D eigenvalue weighted by Gasteiger charge is -2.16. The van der Waals surface area contributed by atoms with Gasteiger partial charge < -0.3 is 5.73 Å². The summed E-state index contributed by atoms with van der Waals surface area (Å²) < 4.78 is 0. The molecule has 0 fully saturated rings. The Bertz CT molecular complexity index is 99.5. The highest BCUT2D eigenvalue weighted by Gasteiger charge is 2.06. The van der Waals surface area contributed by atoms with Crippen molar-refractivity contribution in [1.82, 2.24) is 4.90 Å². The molecule has 0 unspecified atom stereocenters. The van der Waals surface area contributed by atoms with E-state index in [0.29, 0.717) is 6.04 Å². The first kappa shape index (κ1) is 6.78. The van der Waals surface area contributed by atoms with Crippen LogP contribution in [0.15, 0.2) is 12.2 Å². The van der Waals surface area contributed by atoms with E-state index in [9.17, 15) is 0 Å². The predicted octanol–water partition coefficient (Wildman–Crippen LogP) is 0.205. The van der Waals surface area contributed by atoms with Crippen molar-refractivity contribution in [1.29, 1.82) is 0 Å². The Morgan fingerprint density at radius 1 is 1.56 bits per heavy atom. The predicted molar refractivity (Wildman–Crippen MR) is 39.2 cm³/mol. The van der Waals surface area contributed by atoms with Gasteiger partial charge in [-0.2, -0.15) is 0 Å². The van der Waals surface area contributed by atoms with E-state index in [-0.39, 0.29) is 0 Å². The molecule has 0 radical (unpaired) electrons. The standard InChI is InChI=1S/C7H14N2/c1-7(8)6-9-4-2-3-5-9/h2-3,7H,4-6,8H2,1H3/t7-/m0/s1. The third kappa shape index (κ3) is 2.16. The third-order valence-corrected chi connectivity index (χ3v) is 1.44. The molecular weight excluding hydrogens is 112 g/mol. The quantitative estimate of drug-likeness (QED) is 0.536. The fourth-order valence-electron chi connectivity index (χ4n) is 1.08. The van der Waals surface area contributed by atoms with Gasteiger partial charge in [0, 0.05) is 25.7 Å². The summed E-state index contributed by atoms with van der Waals surface area (Å²) in [6, 6.07) is 0.310. The zero-order chi connectivity index (χ0) is 6.69. The Hall–Kier alpha value is -0.340. The maximum atomic E-state index is 5.60. The summed E-state index contributed by atoms with van der Waals surface area (Å²) in [4.78, 5) is 2.32. The molecular formula is C7H14N2. The van der Waals surface area contributed by atoms with Crippen molar-refractivity contribution in [2.45, 2.75) is 13.0 Å². The Labute approximate surface area is 56.3 Å². The van der Waals surface area contributed by atoms with Crippen LogP contribution in [-0.4, -0.2) is 30.6 Å². The van der Waals surface area contributed by atoms with E-state index in [2.05, 4.69) is 17.1 Å². The van der Waals surface area contributed by atoms with E-state index < -0.39 is 0 Å². The van der Waals surface area contributed by atoms with Gasteiger partial charge in [0.15, 0.2) is 0 Å². The van der Waals surface area contributed by atoms with Gasteiger partial charge in [0.05, 0.1) is 0 Å². The molecule has 0 amide bonds. The van der Waals surface area contributed by atoms with Gasteiger partial charge in [-0.1, -0.05) is 12.2 Å². The summed E-state index contributed by atoms with van der Waals surface area (Å²) in [7, 11) is 0. The molecule has 0 aromatic carbocycles. The second-order valence-corrected chi connectivity index (χ2v) is 2.67. The topological polar surface area (TPSA) is 29.3 Å². The Morgan fingerprint density at radius 2 is 2.11 bits per heavy atom. The largest absolute Gasteiger partial charge is 0.327 e. The number of hydrogen-bond donors (Lipinski definition) is 1. The minimum atomic E-state index is 0.310. The van der Waals surface area contributed by atoms with Crippen LogP contribution in [0.25, 0.3) is 0 Å². The molecule has 1 rings (SSSR count). The van der Waals surface area contributed by atoms with Crippen molar-refractivity contribution in [2.24, 2.45) is 5.73 Å². The lowest BCUT2D eigenvalue weighted by molar-refractivity contribution is 0.333. The monoisotopic (exact) mass is 126 g/mol. The van der Waals surface area contributed by atoms with Gasteiger partial charge in [-0.25, -0.2) is 0 Å². The molecule has 2 N–H and O–H groups in total. The zero-order valence-electron chi connectivity index (χ0n) is 5.88. The highest BCUT2D eigenvalue weighted by Crippen LogP contribution is 1.97. The van der Waals surface area contributed by atoms with E-state index >= 15 is 0 Å². The molecule has 0 spiro atoms. The summed E-state index contributed by atoms with van der Waals surface area (Å²) in [5.74, 6) is 0. The van der Waals surface area contributed by atoms with Crippen LogP contribution >= 0.6 is 0 Å². The van der Waals surface area contributed by atoms with Gasteiger partial charge in [0.1, 0.15) is 0 Å². The second-order valence-electron chi connectivity index (χ2n) is 2.67. The lowest BCUT2D eigenvalue weighted by atomic mass is 10.3. The first-order valence-electron chi connectivity index (χ1n) is 3.42. The molecule has 1 aliphatic rings. The van der Waals surface area contributed by atoms with Gasteiger partial charge in [-0.15, -0.1) is 0 Å². The normalized spacial score (nSPS) is 22.9. The minimum absolute atomic E-state index is 0.310. The number of nitrogens with two attached hydrogens (primary N) is 1. The Kier molecular flexibility index (Phi) is 2.25. The maximum Gasteiger partial charge on any atom is 0.0167 e. The van der Waals surface area contributed by atoms with Gasteiger partial charge in [0.25, 0.3) is 0 Å². The molecule has 0 saturated heterocycles. The van der Waals surface area contributed by atoms with E-state index in [1.807, 2.05) is 6.92 Å². The van der Waals surface area contributed by atoms with Crippen LogP contribution in [0.4, 0.5) is 0 Å². The van der Waals surface area contributed by atoms with E-state index in [1.54, 1.807) is 0 Å². The molecule has 9 heavy (non-hydrogen) atoms. The molecule has 52 valence electrons. The van der Waals surface area contributed by atoms with Crippen molar-refractivity contribution >= 4 is 0 Å². The van der Waals surface area contributed by atoms with Crippen molar-refractivity contribution in [3.63, 3.8) is 0 Å². The molecule has 2 nitrogen and oxygen atoms in total. The van der Waals surface area contributed by atoms with Gasteiger partial charge in [0.2, 0.25) is 0 Å². The second kappa shape index (κ2) is 2.99. The first-order chi connectivity index (χ1) is 4.29. The molecule has 0 bridgehead atoms. The zero-order valence-corrected chi connectivity index (χ0v) is 5.88. The van der Waals surface area contributed by atoms with Gasteiger partial charge >= 0.3 is 0 Å². The van der Waals surface area contributed by atoms with E-state index in [1.165, 1.54) is 0 Å². The van der Waals surface area contributed by atoms with Gasteiger partial charge in [-0.05, 0) is 6.92 Å². The highest BCUT2D eigenvalue weighted by molar-refractivity contribution is 4.95. The number of nitrogens with zero attached hydrogens (tertiary/aromatic N) is 1. The Morgan fingerprint density at radius 3 is 2.56 bits per heavy atom. The average molecular weight is 126 g/mol. The van der Waals surface area contributed by atoms with Crippen molar-refractivity contribution in [2.75, 3.05) is 19.6 Å². The summed E-state index contributed by atoms with van der Waals surface area (Å²) in [6.07, 6.45) is 4.37. The molecule has 2 heteroatoms. The van der Waals surface area contributed by atoms with Crippen LogP contribution in [0, 0.1) is 0 Å². The Balaban J connectivity index is 2.14. The molecule has 0 saturated carbocycles. The van der Waals surface area contributed by atoms with Crippen LogP contribution in [0.1, 0.15) is 6.92 Å². The fraction of sp³-hybridized carbons (Fsp3) is 0.714. The molecule has 1 heterocycles. The van der Waals surface area contributed by atoms with Crippen LogP contribution in [-0.2, 0) is 0 Å².